The van der Waals surface area contributed by atoms with Crippen LogP contribution in [0.5, 0.6) is 0 Å². The Morgan fingerprint density at radius 3 is 2.84 bits per heavy atom. The maximum atomic E-state index is 12.6. The predicted molar refractivity (Wildman–Crippen MR) is 96.7 cm³/mol. The molecule has 3 rings (SSSR count). The first kappa shape index (κ1) is 17.2. The topological polar surface area (TPSA) is 108 Å². The van der Waals surface area contributed by atoms with Crippen molar-refractivity contribution in [2.75, 3.05) is 0 Å². The largest absolute Gasteiger partial charge is 0.411 e. The molecule has 1 radical (unpaired) electrons. The van der Waals surface area contributed by atoms with E-state index >= 15 is 0 Å². The Kier molecular flexibility index (Phi) is 4.38. The van der Waals surface area contributed by atoms with Crippen molar-refractivity contribution in [1.29, 1.82) is 0 Å². The van der Waals surface area contributed by atoms with Crippen molar-refractivity contribution in [3.63, 3.8) is 0 Å². The average molecular weight is 359 g/mol. The van der Waals surface area contributed by atoms with E-state index in [1.807, 2.05) is 24.3 Å². The minimum absolute atomic E-state index is 0.293. The van der Waals surface area contributed by atoms with Crippen molar-refractivity contribution >= 4 is 32.7 Å². The summed E-state index contributed by atoms with van der Waals surface area (Å²) in [6.45, 7) is 3.15. The number of allylic oxidation sites excluding steroid dienone is 4. The summed E-state index contributed by atoms with van der Waals surface area (Å²) in [6.07, 6.45) is 6.73. The number of hydrogen-bond acceptors (Lipinski definition) is 5. The molecule has 1 aliphatic carbocycles. The summed E-state index contributed by atoms with van der Waals surface area (Å²) in [5.74, 6) is -0.293. The molecule has 0 aliphatic heterocycles. The van der Waals surface area contributed by atoms with Gasteiger partial charge in [-0.05, 0) is 43.5 Å². The molecule has 0 atom stereocenters. The number of fused-ring (bicyclic) bond motifs is 1. The summed E-state index contributed by atoms with van der Waals surface area (Å²) in [5.41, 5.74) is 11.1. The smallest absolute Gasteiger partial charge is 0.244 e. The lowest BCUT2D eigenvalue weighted by molar-refractivity contribution is 0.318. The Bertz CT molecular complexity index is 1010. The van der Waals surface area contributed by atoms with E-state index in [2.05, 4.69) is 10.1 Å². The third-order valence-corrected chi connectivity index (χ3v) is 6.23. The molecule has 1 heterocycles. The summed E-state index contributed by atoms with van der Waals surface area (Å²) in [7, 11) is -3.68. The Morgan fingerprint density at radius 1 is 1.40 bits per heavy atom. The summed E-state index contributed by atoms with van der Waals surface area (Å²) in [6, 6.07) is 5.29. The highest BCUT2D eigenvalue weighted by Gasteiger charge is 2.25. The van der Waals surface area contributed by atoms with Crippen molar-refractivity contribution in [1.82, 2.24) is 14.7 Å². The second-order valence-corrected chi connectivity index (χ2v) is 8.50. The number of hydrogen-bond donors (Lipinski definition) is 1. The second-order valence-electron chi connectivity index (χ2n) is 6.16. The quantitative estimate of drug-likeness (QED) is 0.668. The maximum Gasteiger partial charge on any atom is 0.244 e. The van der Waals surface area contributed by atoms with Crippen molar-refractivity contribution in [3.05, 3.63) is 47.6 Å². The zero-order chi connectivity index (χ0) is 18.2. The van der Waals surface area contributed by atoms with E-state index in [9.17, 15) is 8.42 Å². The van der Waals surface area contributed by atoms with Crippen LogP contribution in [0.15, 0.2) is 47.2 Å². The standard InChI is InChI=1S/C17H19N4O3S/c1-11(2)25(23,24)21-16-10-12(7-8-15(16)19-17(21)18)9-13-5-3-4-6-14(13)20-22/h3-5,7-8,10-11,18,22H,6,9H2,1-2H3. The lowest BCUT2D eigenvalue weighted by atomic mass is 9.96. The summed E-state index contributed by atoms with van der Waals surface area (Å²) in [5, 5.41) is 11.8. The number of benzene rings is 1. The number of aromatic nitrogens is 2. The zero-order valence-electron chi connectivity index (χ0n) is 14.0. The fourth-order valence-corrected chi connectivity index (χ4v) is 3.88. The van der Waals surface area contributed by atoms with Crippen LogP contribution in [0.25, 0.3) is 11.0 Å². The first-order valence-corrected chi connectivity index (χ1v) is 9.39. The van der Waals surface area contributed by atoms with Gasteiger partial charge in [-0.2, -0.15) is 0 Å². The number of nitrogens with zero attached hydrogens (tertiary/aromatic N) is 3. The molecular formula is C17H19N4O3S. The van der Waals surface area contributed by atoms with Crippen LogP contribution in [0.4, 0.5) is 5.95 Å². The average Bonchev–Trinajstić information content (AvgIpc) is 2.91. The van der Waals surface area contributed by atoms with Gasteiger partial charge in [0.05, 0.1) is 22.0 Å². The molecule has 0 spiro atoms. The van der Waals surface area contributed by atoms with Gasteiger partial charge in [-0.3, -0.25) is 5.73 Å². The number of nitrogens with one attached hydrogen (secondary N) is 1. The first-order chi connectivity index (χ1) is 11.8. The van der Waals surface area contributed by atoms with E-state index in [1.165, 1.54) is 0 Å². The molecule has 1 aromatic carbocycles. The zero-order valence-corrected chi connectivity index (χ0v) is 14.8. The molecule has 7 nitrogen and oxygen atoms in total. The third-order valence-electron chi connectivity index (χ3n) is 4.16. The Labute approximate surface area is 146 Å². The lowest BCUT2D eigenvalue weighted by Gasteiger charge is -2.13. The first-order valence-electron chi connectivity index (χ1n) is 7.89. The molecule has 0 bridgehead atoms. The third kappa shape index (κ3) is 3.05. The lowest BCUT2D eigenvalue weighted by Crippen LogP contribution is -2.22. The highest BCUT2D eigenvalue weighted by Crippen LogP contribution is 2.26. The van der Waals surface area contributed by atoms with Gasteiger partial charge in [0.1, 0.15) is 0 Å². The van der Waals surface area contributed by atoms with E-state index in [4.69, 9.17) is 10.9 Å². The van der Waals surface area contributed by atoms with Crippen LogP contribution < -0.4 is 5.73 Å². The highest BCUT2D eigenvalue weighted by molar-refractivity contribution is 7.90. The Hall–Kier alpha value is -2.61. The van der Waals surface area contributed by atoms with Crippen molar-refractivity contribution in [3.8, 4) is 0 Å². The summed E-state index contributed by atoms with van der Waals surface area (Å²) in [4.78, 5) is 4.04. The van der Waals surface area contributed by atoms with Crippen molar-refractivity contribution in [2.24, 2.45) is 5.16 Å². The van der Waals surface area contributed by atoms with Crippen LogP contribution in [-0.4, -0.2) is 33.5 Å². The van der Waals surface area contributed by atoms with Crippen molar-refractivity contribution < 1.29 is 13.6 Å². The van der Waals surface area contributed by atoms with Gasteiger partial charge in [0.15, 0.2) is 0 Å². The number of oxime groups is 1. The van der Waals surface area contributed by atoms with E-state index in [0.29, 0.717) is 29.6 Å². The highest BCUT2D eigenvalue weighted by atomic mass is 32.2. The fourth-order valence-electron chi connectivity index (χ4n) is 2.76. The maximum absolute atomic E-state index is 12.6. The monoisotopic (exact) mass is 359 g/mol. The van der Waals surface area contributed by atoms with Gasteiger partial charge in [-0.15, -0.1) is 0 Å². The van der Waals surface area contributed by atoms with E-state index in [1.54, 1.807) is 26.0 Å². The molecular weight excluding hydrogens is 340 g/mol. The molecule has 2 aromatic rings. The van der Waals surface area contributed by atoms with Crippen LogP contribution in [-0.2, 0) is 16.4 Å². The van der Waals surface area contributed by atoms with Crippen LogP contribution in [0, 0.1) is 0 Å². The molecule has 1 aliphatic rings. The molecule has 2 N–H and O–H groups in total. The van der Waals surface area contributed by atoms with Crippen LogP contribution >= 0.6 is 0 Å². The molecule has 0 saturated heterocycles. The van der Waals surface area contributed by atoms with Gasteiger partial charge in [0.25, 0.3) is 0 Å². The second kappa shape index (κ2) is 6.36. The van der Waals surface area contributed by atoms with Crippen LogP contribution in [0.2, 0.25) is 0 Å². The summed E-state index contributed by atoms with van der Waals surface area (Å²) < 4.78 is 26.1. The minimum atomic E-state index is -3.68. The number of rotatable bonds is 4. The van der Waals surface area contributed by atoms with E-state index in [0.717, 1.165) is 15.1 Å². The van der Waals surface area contributed by atoms with Gasteiger partial charge in [-0.25, -0.2) is 17.4 Å². The minimum Gasteiger partial charge on any atom is -0.411 e. The van der Waals surface area contributed by atoms with Crippen LogP contribution in [0.1, 0.15) is 25.8 Å². The van der Waals surface area contributed by atoms with E-state index in [-0.39, 0.29) is 5.95 Å². The van der Waals surface area contributed by atoms with E-state index < -0.39 is 15.3 Å². The molecule has 8 heteroatoms. The van der Waals surface area contributed by atoms with Gasteiger partial charge in [-0.1, -0.05) is 29.5 Å². The van der Waals surface area contributed by atoms with Gasteiger partial charge in [0.2, 0.25) is 16.0 Å². The van der Waals surface area contributed by atoms with Gasteiger partial charge in [0, 0.05) is 6.42 Å². The van der Waals surface area contributed by atoms with Crippen LogP contribution in [0.3, 0.4) is 0 Å². The molecule has 0 saturated carbocycles. The number of imidazole rings is 1. The molecule has 25 heavy (non-hydrogen) atoms. The fraction of sp³-hybridized carbons (Fsp3) is 0.294. The SMILES string of the molecule is CC(C)S(=O)(=O)n1c([NH])nc2ccc(CC3=CC=CCC3=NO)cc21. The molecule has 0 amide bonds. The Balaban J connectivity index is 2.09. The predicted octanol–water partition coefficient (Wildman–Crippen LogP) is 2.80. The normalized spacial score (nSPS) is 16.8. The van der Waals surface area contributed by atoms with Gasteiger partial charge >= 0.3 is 0 Å². The Morgan fingerprint density at radius 2 is 2.16 bits per heavy atom. The van der Waals surface area contributed by atoms with Gasteiger partial charge < -0.3 is 5.21 Å². The molecule has 0 unspecified atom stereocenters. The molecule has 0 fully saturated rings. The summed E-state index contributed by atoms with van der Waals surface area (Å²) >= 11 is 0. The molecule has 131 valence electrons. The molecule has 1 aromatic heterocycles. The van der Waals surface area contributed by atoms with Crippen molar-refractivity contribution in [2.45, 2.75) is 31.9 Å².